The molecule has 19 heavy (non-hydrogen) atoms. The molecule has 0 radical (unpaired) electrons. The Bertz CT molecular complexity index is 489. The predicted molar refractivity (Wildman–Crippen MR) is 67.9 cm³/mol. The summed E-state index contributed by atoms with van der Waals surface area (Å²) in [6, 6.07) is 3.85. The van der Waals surface area contributed by atoms with Gasteiger partial charge in [-0.2, -0.15) is 0 Å². The molecular formula is C13H18N2O4. The number of amides is 1. The molecule has 104 valence electrons. The Morgan fingerprint density at radius 3 is 2.74 bits per heavy atom. The number of hydrogen-bond acceptors (Lipinski definition) is 3. The molecule has 1 amide bonds. The van der Waals surface area contributed by atoms with Gasteiger partial charge in [0.15, 0.2) is 5.60 Å². The van der Waals surface area contributed by atoms with Crippen LogP contribution in [0.2, 0.25) is 0 Å². The zero-order valence-corrected chi connectivity index (χ0v) is 10.8. The average molecular weight is 266 g/mol. The van der Waals surface area contributed by atoms with Crippen LogP contribution < -0.4 is 5.32 Å². The third-order valence-corrected chi connectivity index (χ3v) is 3.53. The molecule has 2 rings (SSSR count). The zero-order valence-electron chi connectivity index (χ0n) is 10.8. The lowest BCUT2D eigenvalue weighted by Gasteiger charge is -2.29. The van der Waals surface area contributed by atoms with Crippen LogP contribution in [-0.2, 0) is 4.79 Å². The van der Waals surface area contributed by atoms with E-state index >= 15 is 0 Å². The number of aliphatic hydroxyl groups is 1. The van der Waals surface area contributed by atoms with Gasteiger partial charge in [-0.1, -0.05) is 0 Å². The fourth-order valence-electron chi connectivity index (χ4n) is 1.99. The van der Waals surface area contributed by atoms with Crippen LogP contribution in [0.5, 0.6) is 0 Å². The molecule has 1 aliphatic carbocycles. The predicted octanol–water partition coefficient (Wildman–Crippen LogP) is 0.778. The van der Waals surface area contributed by atoms with Crippen LogP contribution >= 0.6 is 0 Å². The van der Waals surface area contributed by atoms with Crippen molar-refractivity contribution in [3.8, 4) is 0 Å². The second-order valence-electron chi connectivity index (χ2n) is 5.15. The van der Waals surface area contributed by atoms with Crippen LogP contribution in [0.25, 0.3) is 0 Å². The van der Waals surface area contributed by atoms with Crippen LogP contribution in [0, 0.1) is 0 Å². The quantitative estimate of drug-likeness (QED) is 0.734. The fourth-order valence-corrected chi connectivity index (χ4v) is 1.99. The van der Waals surface area contributed by atoms with Gasteiger partial charge in [0.25, 0.3) is 5.91 Å². The smallest absolute Gasteiger partial charge is 0.337 e. The molecule has 1 aliphatic rings. The van der Waals surface area contributed by atoms with Gasteiger partial charge < -0.3 is 20.1 Å². The average Bonchev–Trinajstić information content (AvgIpc) is 2.72. The molecule has 1 aromatic rings. The largest absolute Gasteiger partial charge is 0.479 e. The molecular weight excluding hydrogens is 248 g/mol. The molecule has 1 heterocycles. The maximum absolute atomic E-state index is 12.0. The Labute approximate surface area is 111 Å². The van der Waals surface area contributed by atoms with Crippen LogP contribution in [0.15, 0.2) is 18.3 Å². The van der Waals surface area contributed by atoms with Crippen molar-refractivity contribution in [2.24, 2.45) is 0 Å². The lowest BCUT2D eigenvalue weighted by atomic mass is 9.93. The van der Waals surface area contributed by atoms with Crippen molar-refractivity contribution in [1.29, 1.82) is 0 Å². The van der Waals surface area contributed by atoms with E-state index in [1.54, 1.807) is 12.1 Å². The molecule has 1 saturated carbocycles. The van der Waals surface area contributed by atoms with E-state index in [2.05, 4.69) is 5.32 Å². The molecule has 6 nitrogen and oxygen atoms in total. The third kappa shape index (κ3) is 2.78. The van der Waals surface area contributed by atoms with Gasteiger partial charge >= 0.3 is 5.97 Å². The summed E-state index contributed by atoms with van der Waals surface area (Å²) in [7, 11) is 0. The minimum absolute atomic E-state index is 0.322. The number of nitrogens with one attached hydrogen (secondary N) is 1. The van der Waals surface area contributed by atoms with Gasteiger partial charge in [-0.3, -0.25) is 4.79 Å². The molecule has 0 bridgehead atoms. The molecule has 6 heteroatoms. The number of carbonyl (C=O) groups excluding carboxylic acids is 1. The Kier molecular flexibility index (Phi) is 3.61. The molecule has 0 aromatic carbocycles. The van der Waals surface area contributed by atoms with E-state index in [-0.39, 0.29) is 12.5 Å². The SMILES string of the molecule is CC(O)(CNC(=O)c1cccn1C1CCC1)C(=O)O. The number of aromatic nitrogens is 1. The summed E-state index contributed by atoms with van der Waals surface area (Å²) >= 11 is 0. The number of aliphatic carboxylic acids is 1. The maximum atomic E-state index is 12.0. The number of rotatable bonds is 5. The van der Waals surface area contributed by atoms with E-state index in [1.807, 2.05) is 10.8 Å². The second kappa shape index (κ2) is 5.05. The third-order valence-electron chi connectivity index (χ3n) is 3.53. The Morgan fingerprint density at radius 1 is 1.53 bits per heavy atom. The Hall–Kier alpha value is -1.82. The van der Waals surface area contributed by atoms with Crippen molar-refractivity contribution in [2.75, 3.05) is 6.54 Å². The van der Waals surface area contributed by atoms with Crippen LogP contribution in [0.1, 0.15) is 42.7 Å². The van der Waals surface area contributed by atoms with Gasteiger partial charge in [0.1, 0.15) is 5.69 Å². The molecule has 0 aliphatic heterocycles. The van der Waals surface area contributed by atoms with Crippen LogP contribution in [0.4, 0.5) is 0 Å². The van der Waals surface area contributed by atoms with E-state index in [9.17, 15) is 14.7 Å². The summed E-state index contributed by atoms with van der Waals surface area (Å²) in [6.45, 7) is 0.831. The first kappa shape index (κ1) is 13.6. The number of hydrogen-bond donors (Lipinski definition) is 3. The first-order valence-corrected chi connectivity index (χ1v) is 6.32. The van der Waals surface area contributed by atoms with E-state index in [0.29, 0.717) is 11.7 Å². The highest BCUT2D eigenvalue weighted by atomic mass is 16.4. The van der Waals surface area contributed by atoms with Gasteiger partial charge in [0.2, 0.25) is 0 Å². The van der Waals surface area contributed by atoms with Crippen LogP contribution in [0.3, 0.4) is 0 Å². The van der Waals surface area contributed by atoms with E-state index < -0.39 is 11.6 Å². The second-order valence-corrected chi connectivity index (χ2v) is 5.15. The van der Waals surface area contributed by atoms with Gasteiger partial charge in [0.05, 0.1) is 6.54 Å². The topological polar surface area (TPSA) is 91.6 Å². The van der Waals surface area contributed by atoms with E-state index in [1.165, 1.54) is 0 Å². The summed E-state index contributed by atoms with van der Waals surface area (Å²) in [5.41, 5.74) is -1.45. The summed E-state index contributed by atoms with van der Waals surface area (Å²) in [4.78, 5) is 22.7. The van der Waals surface area contributed by atoms with Crippen molar-refractivity contribution in [1.82, 2.24) is 9.88 Å². The number of nitrogens with zero attached hydrogens (tertiary/aromatic N) is 1. The first-order chi connectivity index (χ1) is 8.92. The number of carboxylic acids is 1. The van der Waals surface area contributed by atoms with E-state index in [4.69, 9.17) is 5.11 Å². The summed E-state index contributed by atoms with van der Waals surface area (Å²) in [5.74, 6) is -1.72. The molecule has 0 spiro atoms. The first-order valence-electron chi connectivity index (χ1n) is 6.32. The summed E-state index contributed by atoms with van der Waals surface area (Å²) in [6.07, 6.45) is 5.13. The van der Waals surface area contributed by atoms with Crippen molar-refractivity contribution in [2.45, 2.75) is 37.8 Å². The highest BCUT2D eigenvalue weighted by Crippen LogP contribution is 2.32. The van der Waals surface area contributed by atoms with Crippen LogP contribution in [-0.4, -0.2) is 38.8 Å². The fraction of sp³-hybridized carbons (Fsp3) is 0.538. The minimum Gasteiger partial charge on any atom is -0.479 e. The number of carbonyl (C=O) groups is 2. The number of carboxylic acid groups (broad SMARTS) is 1. The van der Waals surface area contributed by atoms with Crippen molar-refractivity contribution < 1.29 is 19.8 Å². The highest BCUT2D eigenvalue weighted by molar-refractivity contribution is 5.93. The van der Waals surface area contributed by atoms with E-state index in [0.717, 1.165) is 26.2 Å². The zero-order chi connectivity index (χ0) is 14.0. The summed E-state index contributed by atoms with van der Waals surface area (Å²) in [5, 5.41) is 20.8. The lowest BCUT2D eigenvalue weighted by Crippen LogP contribution is -2.46. The standard InChI is InChI=1S/C13H18N2O4/c1-13(19,12(17)18)8-14-11(16)10-6-3-7-15(10)9-4-2-5-9/h3,6-7,9,19H,2,4-5,8H2,1H3,(H,14,16)(H,17,18). The molecule has 1 fully saturated rings. The highest BCUT2D eigenvalue weighted by Gasteiger charge is 2.31. The van der Waals surface area contributed by atoms with Crippen molar-refractivity contribution >= 4 is 11.9 Å². The lowest BCUT2D eigenvalue weighted by molar-refractivity contribution is -0.155. The summed E-state index contributed by atoms with van der Waals surface area (Å²) < 4.78 is 1.91. The molecule has 3 N–H and O–H groups in total. The maximum Gasteiger partial charge on any atom is 0.337 e. The molecule has 1 unspecified atom stereocenters. The van der Waals surface area contributed by atoms with Gasteiger partial charge in [0, 0.05) is 12.2 Å². The molecule has 1 aromatic heterocycles. The normalized spacial score (nSPS) is 18.4. The Balaban J connectivity index is 2.00. The van der Waals surface area contributed by atoms with Gasteiger partial charge in [-0.05, 0) is 38.3 Å². The molecule has 0 saturated heterocycles. The monoisotopic (exact) mass is 266 g/mol. The van der Waals surface area contributed by atoms with Gasteiger partial charge in [-0.15, -0.1) is 0 Å². The minimum atomic E-state index is -1.95. The molecule has 1 atom stereocenters. The van der Waals surface area contributed by atoms with Crippen molar-refractivity contribution in [3.05, 3.63) is 24.0 Å². The Morgan fingerprint density at radius 2 is 2.21 bits per heavy atom. The van der Waals surface area contributed by atoms with Crippen molar-refractivity contribution in [3.63, 3.8) is 0 Å². The van der Waals surface area contributed by atoms with Gasteiger partial charge in [-0.25, -0.2) is 4.79 Å².